The van der Waals surface area contributed by atoms with Crippen LogP contribution in [0.25, 0.3) is 0 Å². The second kappa shape index (κ2) is 9.46. The molecule has 29 valence electrons. The molecule has 0 saturated heterocycles. The summed E-state index contributed by atoms with van der Waals surface area (Å²) >= 11 is 0. The van der Waals surface area contributed by atoms with E-state index in [1.165, 1.54) is 0 Å². The average molecular weight is 146 g/mol. The maximum Gasteiger partial charge on any atom is 0 e. The van der Waals surface area contributed by atoms with Gasteiger partial charge in [-0.3, -0.25) is 0 Å². The van der Waals surface area contributed by atoms with Crippen molar-refractivity contribution in [2.75, 3.05) is 0 Å². The molecule has 0 rings (SSSR count). The monoisotopic (exact) mass is 146 g/mol. The molecule has 0 heterocycles. The van der Waals surface area contributed by atoms with E-state index < -0.39 is 0 Å². The molecule has 0 aliphatic carbocycles. The minimum absolute atomic E-state index is 0. The van der Waals surface area contributed by atoms with Crippen molar-refractivity contribution in [1.29, 1.82) is 0 Å². The van der Waals surface area contributed by atoms with Gasteiger partial charge in [0.1, 0.15) is 0 Å². The summed E-state index contributed by atoms with van der Waals surface area (Å²) in [6.07, 6.45) is 1.00. The zero-order valence-corrected chi connectivity index (χ0v) is 4.39. The Balaban J connectivity index is 0. The Morgan fingerprint density at radius 2 is 1.75 bits per heavy atom. The van der Waals surface area contributed by atoms with Gasteiger partial charge in [0.25, 0.3) is 0 Å². The number of hydrogen-bond donors (Lipinski definition) is 0. The van der Waals surface area contributed by atoms with Crippen LogP contribution in [-0.4, -0.2) is 0 Å². The van der Waals surface area contributed by atoms with Crippen LogP contribution < -0.4 is 0 Å². The second-order valence-corrected chi connectivity index (χ2v) is 0.500. The summed E-state index contributed by atoms with van der Waals surface area (Å²) in [4.78, 5) is 0. The Labute approximate surface area is 40.4 Å². The van der Waals surface area contributed by atoms with Gasteiger partial charge in [-0.25, -0.2) is 0 Å². The molecule has 0 N–H and O–H groups in total. The van der Waals surface area contributed by atoms with Gasteiger partial charge in [0.2, 0.25) is 0 Å². The average Bonchev–Trinajstić information content (AvgIpc) is 0.918. The predicted octanol–water partition coefficient (Wildman–Crippen LogP) is 1.23. The van der Waals surface area contributed by atoms with Crippen molar-refractivity contribution < 1.29 is 19.5 Å². The van der Waals surface area contributed by atoms with Crippen molar-refractivity contribution >= 4 is 0 Å². The third kappa shape index (κ3) is 17.8. The molecule has 1 radical (unpaired) electrons. The van der Waals surface area contributed by atoms with Gasteiger partial charge in [0, 0.05) is 19.5 Å². The van der Waals surface area contributed by atoms with Crippen molar-refractivity contribution in [1.82, 2.24) is 0 Å². The third-order valence-electron chi connectivity index (χ3n) is 0. The van der Waals surface area contributed by atoms with E-state index in [2.05, 4.69) is 6.92 Å². The van der Waals surface area contributed by atoms with Crippen LogP contribution in [0, 0.1) is 6.92 Å². The second-order valence-electron chi connectivity index (χ2n) is 0.500. The van der Waals surface area contributed by atoms with Crippen molar-refractivity contribution in [3.8, 4) is 0 Å². The van der Waals surface area contributed by atoms with Crippen molar-refractivity contribution in [3.63, 3.8) is 0 Å². The van der Waals surface area contributed by atoms with E-state index in [-0.39, 0.29) is 19.5 Å². The summed E-state index contributed by atoms with van der Waals surface area (Å²) in [5.41, 5.74) is 0. The van der Waals surface area contributed by atoms with E-state index in [9.17, 15) is 0 Å². The Kier molecular flexibility index (Phi) is 20.9. The minimum atomic E-state index is 0. The molecular formula is C3H7Rh-. The summed E-state index contributed by atoms with van der Waals surface area (Å²) in [5, 5.41) is 0. The Morgan fingerprint density at radius 1 is 1.75 bits per heavy atom. The molecule has 0 amide bonds. The summed E-state index contributed by atoms with van der Waals surface area (Å²) in [6.45, 7) is 5.50. The van der Waals surface area contributed by atoms with Gasteiger partial charge in [-0.1, -0.05) is 6.92 Å². The van der Waals surface area contributed by atoms with E-state index in [1.54, 1.807) is 0 Å². The summed E-state index contributed by atoms with van der Waals surface area (Å²) in [7, 11) is 0. The molecule has 0 aliphatic rings. The van der Waals surface area contributed by atoms with Crippen LogP contribution in [0.4, 0.5) is 0 Å². The van der Waals surface area contributed by atoms with E-state index in [0.29, 0.717) is 0 Å². The zero-order chi connectivity index (χ0) is 2.71. The first-order valence-corrected chi connectivity index (χ1v) is 1.21. The van der Waals surface area contributed by atoms with Crippen molar-refractivity contribution in [3.05, 3.63) is 6.92 Å². The topological polar surface area (TPSA) is 0 Å². The standard InChI is InChI=1S/C3H7.Rh/c1-3-2;/h1,3H2,2H3;/q-1;. The smallest absolute Gasteiger partial charge is 0 e. The number of hydrogen-bond acceptors (Lipinski definition) is 0. The molecule has 0 aliphatic heterocycles. The molecule has 0 unspecified atom stereocenters. The predicted molar refractivity (Wildman–Crippen MR) is 15.6 cm³/mol. The molecule has 0 bridgehead atoms. The molecule has 1 heteroatoms. The fourth-order valence-corrected chi connectivity index (χ4v) is 0. The largest absolute Gasteiger partial charge is 0.344 e. The van der Waals surface area contributed by atoms with Gasteiger partial charge in [-0.15, -0.1) is 0 Å². The van der Waals surface area contributed by atoms with Gasteiger partial charge in [0.05, 0.1) is 0 Å². The maximum atomic E-state index is 3.49. The minimum Gasteiger partial charge on any atom is -0.344 e. The van der Waals surface area contributed by atoms with Gasteiger partial charge in [0.15, 0.2) is 0 Å². The summed E-state index contributed by atoms with van der Waals surface area (Å²) in [6, 6.07) is 0. The Morgan fingerprint density at radius 3 is 1.75 bits per heavy atom. The quantitative estimate of drug-likeness (QED) is 0.356. The van der Waals surface area contributed by atoms with Gasteiger partial charge >= 0.3 is 0 Å². The molecule has 0 saturated carbocycles. The summed E-state index contributed by atoms with van der Waals surface area (Å²) < 4.78 is 0. The van der Waals surface area contributed by atoms with E-state index in [4.69, 9.17) is 0 Å². The van der Waals surface area contributed by atoms with Gasteiger partial charge in [-0.2, -0.15) is 6.42 Å². The number of rotatable bonds is 0. The van der Waals surface area contributed by atoms with Crippen LogP contribution in [0.5, 0.6) is 0 Å². The SMILES string of the molecule is [CH2-]CC.[Rh]. The molecule has 0 fully saturated rings. The molecule has 0 atom stereocenters. The first kappa shape index (κ1) is 8.82. The van der Waals surface area contributed by atoms with E-state index in [0.717, 1.165) is 6.42 Å². The molecule has 0 aromatic rings. The normalized spacial score (nSPS) is 4.50. The molecule has 0 spiro atoms. The molecule has 0 aromatic carbocycles. The molecule has 0 nitrogen and oxygen atoms in total. The Bertz CT molecular complexity index is 3.25. The van der Waals surface area contributed by atoms with Gasteiger partial charge in [-0.05, 0) is 0 Å². The van der Waals surface area contributed by atoms with E-state index in [1.807, 2.05) is 6.92 Å². The first-order chi connectivity index (χ1) is 1.41. The first-order valence-electron chi connectivity index (χ1n) is 1.21. The summed E-state index contributed by atoms with van der Waals surface area (Å²) in [5.74, 6) is 0. The molecule has 4 heavy (non-hydrogen) atoms. The van der Waals surface area contributed by atoms with Gasteiger partial charge < -0.3 is 6.92 Å². The fraction of sp³-hybridized carbons (Fsp3) is 0.667. The van der Waals surface area contributed by atoms with Crippen LogP contribution in [0.15, 0.2) is 0 Å². The molecular weight excluding hydrogens is 139 g/mol. The molecule has 0 aromatic heterocycles. The zero-order valence-electron chi connectivity index (χ0n) is 2.75. The Hall–Kier alpha value is 0.623. The van der Waals surface area contributed by atoms with E-state index >= 15 is 0 Å². The van der Waals surface area contributed by atoms with Crippen LogP contribution in [0.1, 0.15) is 13.3 Å². The van der Waals surface area contributed by atoms with Crippen molar-refractivity contribution in [2.24, 2.45) is 0 Å². The van der Waals surface area contributed by atoms with Crippen LogP contribution in [0.2, 0.25) is 0 Å². The fourth-order valence-electron chi connectivity index (χ4n) is 0. The maximum absolute atomic E-state index is 3.49. The van der Waals surface area contributed by atoms with Crippen LogP contribution in [-0.2, 0) is 19.5 Å². The van der Waals surface area contributed by atoms with Crippen molar-refractivity contribution in [2.45, 2.75) is 13.3 Å². The van der Waals surface area contributed by atoms with Crippen LogP contribution in [0.3, 0.4) is 0 Å². The van der Waals surface area contributed by atoms with Crippen LogP contribution >= 0.6 is 0 Å². The third-order valence-corrected chi connectivity index (χ3v) is 0.